The average Bonchev–Trinajstić information content (AvgIpc) is 3.02. The molecule has 2 aliphatic rings. The third-order valence-electron chi connectivity index (χ3n) is 6.29. The van der Waals surface area contributed by atoms with Crippen LogP contribution in [0.25, 0.3) is 17.2 Å². The Morgan fingerprint density at radius 2 is 1.92 bits per heavy atom. The number of nitrogens with two attached hydrogens (primary N) is 1. The third kappa shape index (κ3) is 6.67. The van der Waals surface area contributed by atoms with E-state index < -0.39 is 28.7 Å². The van der Waals surface area contributed by atoms with Gasteiger partial charge in [-0.15, -0.1) is 0 Å². The highest BCUT2D eigenvalue weighted by Gasteiger charge is 2.36. The Bertz CT molecular complexity index is 1400. The van der Waals surface area contributed by atoms with Crippen molar-refractivity contribution < 1.29 is 36.3 Å². The normalized spacial score (nSPS) is 16.5. The Balaban J connectivity index is 1.61. The van der Waals surface area contributed by atoms with Crippen LogP contribution in [0.3, 0.4) is 0 Å². The number of benzene rings is 2. The fourth-order valence-corrected chi connectivity index (χ4v) is 5.90. The molecule has 39 heavy (non-hydrogen) atoms. The van der Waals surface area contributed by atoms with Crippen LogP contribution in [0.15, 0.2) is 57.9 Å². The van der Waals surface area contributed by atoms with Gasteiger partial charge >= 0.3 is 6.18 Å². The molecule has 3 N–H and O–H groups in total. The molecule has 4 rings (SSSR count). The Hall–Kier alpha value is -3.26. The molecule has 0 spiro atoms. The summed E-state index contributed by atoms with van der Waals surface area (Å²) in [6.45, 7) is 0.543. The van der Waals surface area contributed by atoms with Gasteiger partial charge in [-0.3, -0.25) is 9.63 Å². The largest absolute Gasteiger partial charge is 0.414 e. The topological polar surface area (TPSA) is 126 Å². The zero-order valence-corrected chi connectivity index (χ0v) is 22.0. The van der Waals surface area contributed by atoms with Gasteiger partial charge in [0.05, 0.1) is 10.6 Å². The Labute approximate surface area is 224 Å². The summed E-state index contributed by atoms with van der Waals surface area (Å²) in [6.07, 6.45) is -2.78. The van der Waals surface area contributed by atoms with Gasteiger partial charge in [0.2, 0.25) is 10.0 Å². The summed E-state index contributed by atoms with van der Waals surface area (Å²) in [5, 5.41) is 9.90. The van der Waals surface area contributed by atoms with Gasteiger partial charge in [0.1, 0.15) is 5.84 Å². The molecular formula is C26H29F3N4O5S. The van der Waals surface area contributed by atoms with E-state index in [1.165, 1.54) is 16.4 Å². The maximum absolute atomic E-state index is 13.0. The van der Waals surface area contributed by atoms with Crippen molar-refractivity contribution in [3.05, 3.63) is 53.6 Å². The molecule has 210 valence electrons. The van der Waals surface area contributed by atoms with E-state index in [0.29, 0.717) is 33.9 Å². The second-order valence-corrected chi connectivity index (χ2v) is 11.4. The van der Waals surface area contributed by atoms with Crippen molar-refractivity contribution in [1.29, 1.82) is 0 Å². The van der Waals surface area contributed by atoms with E-state index in [1.807, 2.05) is 0 Å². The minimum atomic E-state index is -4.60. The van der Waals surface area contributed by atoms with Gasteiger partial charge in [-0.1, -0.05) is 31.2 Å². The van der Waals surface area contributed by atoms with Crippen molar-refractivity contribution >= 4 is 33.5 Å². The molecule has 2 aromatic carbocycles. The summed E-state index contributed by atoms with van der Waals surface area (Å²) < 4.78 is 65.3. The molecule has 1 saturated heterocycles. The Morgan fingerprint density at radius 3 is 2.59 bits per heavy atom. The fraction of sp³-hybridized carbons (Fsp3) is 0.385. The van der Waals surface area contributed by atoms with Crippen molar-refractivity contribution in [2.75, 3.05) is 32.8 Å². The number of amides is 1. The molecule has 0 aromatic heterocycles. The van der Waals surface area contributed by atoms with Crippen LogP contribution in [-0.4, -0.2) is 73.7 Å². The first-order valence-corrected chi connectivity index (χ1v) is 13.8. The number of sulfonamides is 1. The van der Waals surface area contributed by atoms with Crippen molar-refractivity contribution in [2.45, 2.75) is 30.8 Å². The third-order valence-corrected chi connectivity index (χ3v) is 8.12. The first-order chi connectivity index (χ1) is 18.4. The van der Waals surface area contributed by atoms with Gasteiger partial charge in [-0.25, -0.2) is 18.5 Å². The summed E-state index contributed by atoms with van der Waals surface area (Å²) in [6, 6.07) is 11.6. The molecule has 2 heterocycles. The zero-order chi connectivity index (χ0) is 28.4. The molecular weight excluding hydrogens is 537 g/mol. The lowest BCUT2D eigenvalue weighted by molar-refractivity contribution is -0.245. The maximum atomic E-state index is 13.0. The van der Waals surface area contributed by atoms with Gasteiger partial charge in [-0.05, 0) is 41.8 Å². The number of amidine groups is 1. The molecule has 2 aromatic rings. The van der Waals surface area contributed by atoms with Crippen LogP contribution in [0.1, 0.15) is 25.3 Å². The molecule has 9 nitrogen and oxygen atoms in total. The smallest absolute Gasteiger partial charge is 0.396 e. The molecule has 1 fully saturated rings. The Kier molecular flexibility index (Phi) is 8.45. The van der Waals surface area contributed by atoms with E-state index in [2.05, 4.69) is 4.99 Å². The second-order valence-electron chi connectivity index (χ2n) is 9.42. The standard InChI is InChI=1S/C26H29F3N4O5S/c1-2-8-33(38-16-26(27,28)29)25(35)21-9-20-7-6-19(11-23(20)31-24(30)12-21)18-4-3-5-22(10-18)39(36,37)32-13-17(14-32)15-34/h3-7,9-11,17,34H,2,8,12-16H2,1H3,(H2,30,31). The van der Waals surface area contributed by atoms with E-state index in [0.717, 1.165) is 0 Å². The lowest BCUT2D eigenvalue weighted by atomic mass is 10.0. The van der Waals surface area contributed by atoms with Crippen LogP contribution < -0.4 is 5.73 Å². The number of aliphatic imine (C=N–C) groups is 1. The summed E-state index contributed by atoms with van der Waals surface area (Å²) in [4.78, 5) is 22.3. The number of rotatable bonds is 9. The number of fused-ring (bicyclic) bond motifs is 1. The second kappa shape index (κ2) is 11.5. The summed E-state index contributed by atoms with van der Waals surface area (Å²) >= 11 is 0. The van der Waals surface area contributed by atoms with Gasteiger partial charge in [0, 0.05) is 49.7 Å². The first-order valence-electron chi connectivity index (χ1n) is 12.3. The van der Waals surface area contributed by atoms with Gasteiger partial charge < -0.3 is 10.8 Å². The molecule has 0 radical (unpaired) electrons. The summed E-state index contributed by atoms with van der Waals surface area (Å²) in [7, 11) is -3.71. The van der Waals surface area contributed by atoms with Crippen molar-refractivity contribution in [1.82, 2.24) is 9.37 Å². The summed E-state index contributed by atoms with van der Waals surface area (Å²) in [5.41, 5.74) is 8.40. The lowest BCUT2D eigenvalue weighted by Crippen LogP contribution is -2.51. The Morgan fingerprint density at radius 1 is 1.21 bits per heavy atom. The van der Waals surface area contributed by atoms with Crippen molar-refractivity contribution in [3.8, 4) is 11.1 Å². The number of alkyl halides is 3. The van der Waals surface area contributed by atoms with Gasteiger partial charge in [0.25, 0.3) is 5.91 Å². The van der Waals surface area contributed by atoms with E-state index in [-0.39, 0.29) is 54.9 Å². The highest BCUT2D eigenvalue weighted by atomic mass is 32.2. The highest BCUT2D eigenvalue weighted by Crippen LogP contribution is 2.34. The van der Waals surface area contributed by atoms with E-state index >= 15 is 0 Å². The minimum absolute atomic E-state index is 0.0353. The van der Waals surface area contributed by atoms with Crippen LogP contribution in [-0.2, 0) is 19.7 Å². The van der Waals surface area contributed by atoms with Gasteiger partial charge in [-0.2, -0.15) is 17.5 Å². The van der Waals surface area contributed by atoms with Crippen LogP contribution in [0.5, 0.6) is 0 Å². The first kappa shape index (κ1) is 28.7. The van der Waals surface area contributed by atoms with Crippen LogP contribution in [0, 0.1) is 5.92 Å². The van der Waals surface area contributed by atoms with Crippen LogP contribution in [0.4, 0.5) is 18.9 Å². The molecule has 13 heteroatoms. The number of hydroxylamine groups is 2. The monoisotopic (exact) mass is 566 g/mol. The predicted molar refractivity (Wildman–Crippen MR) is 139 cm³/mol. The molecule has 1 amide bonds. The van der Waals surface area contributed by atoms with Gasteiger partial charge in [0.15, 0.2) is 6.61 Å². The number of aliphatic hydroxyl groups excluding tert-OH is 1. The zero-order valence-electron chi connectivity index (χ0n) is 21.2. The molecule has 0 atom stereocenters. The molecule has 0 unspecified atom stereocenters. The lowest BCUT2D eigenvalue weighted by Gasteiger charge is -2.36. The van der Waals surface area contributed by atoms with E-state index in [1.54, 1.807) is 43.3 Å². The number of hydrogen-bond acceptors (Lipinski definition) is 7. The van der Waals surface area contributed by atoms with E-state index in [4.69, 9.17) is 10.6 Å². The molecule has 0 bridgehead atoms. The fourth-order valence-electron chi connectivity index (χ4n) is 4.27. The average molecular weight is 567 g/mol. The SMILES string of the molecule is CCCN(OCC(F)(F)F)C(=O)C1=Cc2ccc(-c3cccc(S(=O)(=O)N4CC(CO)C4)c3)cc2N=C(N)C1. The molecule has 0 aliphatic carbocycles. The van der Waals surface area contributed by atoms with Crippen LogP contribution >= 0.6 is 0 Å². The number of nitrogens with zero attached hydrogens (tertiary/aromatic N) is 3. The maximum Gasteiger partial charge on any atom is 0.414 e. The molecule has 2 aliphatic heterocycles. The number of carbonyl (C=O) groups excluding carboxylic acids is 1. The summed E-state index contributed by atoms with van der Waals surface area (Å²) in [5.74, 6) is -0.709. The van der Waals surface area contributed by atoms with Crippen LogP contribution in [0.2, 0.25) is 0 Å². The number of hydrogen-bond donors (Lipinski definition) is 2. The van der Waals surface area contributed by atoms with Crippen molar-refractivity contribution in [2.24, 2.45) is 16.6 Å². The van der Waals surface area contributed by atoms with Crippen molar-refractivity contribution in [3.63, 3.8) is 0 Å². The quantitative estimate of drug-likeness (QED) is 0.448. The number of aliphatic hydroxyl groups is 1. The molecule has 0 saturated carbocycles. The number of halogens is 3. The van der Waals surface area contributed by atoms with E-state index in [9.17, 15) is 31.5 Å². The predicted octanol–water partition coefficient (Wildman–Crippen LogP) is 3.47. The minimum Gasteiger partial charge on any atom is -0.396 e. The number of carbonyl (C=O) groups is 1. The highest BCUT2D eigenvalue weighted by molar-refractivity contribution is 7.89.